The van der Waals surface area contributed by atoms with Crippen molar-refractivity contribution in [3.8, 4) is 0 Å². The first-order chi connectivity index (χ1) is 8.49. The first kappa shape index (κ1) is 17.4. The summed E-state index contributed by atoms with van der Waals surface area (Å²) in [6.45, 7) is 10.7. The Labute approximate surface area is 112 Å². The van der Waals surface area contributed by atoms with Crippen molar-refractivity contribution < 1.29 is 9.53 Å². The zero-order valence-corrected chi connectivity index (χ0v) is 12.3. The van der Waals surface area contributed by atoms with Gasteiger partial charge in [-0.2, -0.15) is 0 Å². The smallest absolute Gasteiger partial charge is 0.293 e. The number of rotatable bonds is 5. The highest BCUT2D eigenvalue weighted by Crippen LogP contribution is 2.08. The molecule has 0 aromatic carbocycles. The lowest BCUT2D eigenvalue weighted by Crippen LogP contribution is -2.30. The summed E-state index contributed by atoms with van der Waals surface area (Å²) in [5.41, 5.74) is 5.11. The number of unbranched alkanes of at least 4 members (excludes halogenated alkanes) is 1. The van der Waals surface area contributed by atoms with Crippen molar-refractivity contribution in [2.45, 2.75) is 58.5 Å². The van der Waals surface area contributed by atoms with Gasteiger partial charge >= 0.3 is 0 Å². The van der Waals surface area contributed by atoms with Gasteiger partial charge in [-0.15, -0.1) is 0 Å². The van der Waals surface area contributed by atoms with Gasteiger partial charge < -0.3 is 15.4 Å². The van der Waals surface area contributed by atoms with Gasteiger partial charge in [0, 0.05) is 0 Å². The van der Waals surface area contributed by atoms with Crippen LogP contribution in [-0.4, -0.2) is 43.2 Å². The van der Waals surface area contributed by atoms with E-state index in [0.29, 0.717) is 6.47 Å². The van der Waals surface area contributed by atoms with Crippen molar-refractivity contribution in [1.29, 1.82) is 0 Å². The van der Waals surface area contributed by atoms with Gasteiger partial charge in [-0.25, -0.2) is 0 Å². The highest BCUT2D eigenvalue weighted by atomic mass is 16.5. The van der Waals surface area contributed by atoms with Crippen molar-refractivity contribution in [2.75, 3.05) is 26.2 Å². The minimum atomic E-state index is -0.318. The molecule has 0 saturated carbocycles. The molecule has 0 atom stereocenters. The third-order valence-electron chi connectivity index (χ3n) is 2.78. The Kier molecular flexibility index (Phi) is 9.98. The van der Waals surface area contributed by atoms with Crippen LogP contribution in [0.1, 0.15) is 52.9 Å². The Morgan fingerprint density at radius 1 is 1.17 bits per heavy atom. The van der Waals surface area contributed by atoms with Crippen molar-refractivity contribution in [2.24, 2.45) is 5.73 Å². The normalized spacial score (nSPS) is 16.7. The summed E-state index contributed by atoms with van der Waals surface area (Å²) in [5.74, 6) is 0. The van der Waals surface area contributed by atoms with Crippen molar-refractivity contribution in [3.05, 3.63) is 0 Å². The second kappa shape index (κ2) is 10.3. The molecule has 0 aromatic rings. The summed E-state index contributed by atoms with van der Waals surface area (Å²) in [7, 11) is 0. The Hall–Kier alpha value is -0.610. The van der Waals surface area contributed by atoms with Gasteiger partial charge in [-0.05, 0) is 72.6 Å². The molecule has 0 unspecified atom stereocenters. The molecule has 18 heavy (non-hydrogen) atoms. The van der Waals surface area contributed by atoms with Gasteiger partial charge in [-0.3, -0.25) is 4.79 Å². The summed E-state index contributed by atoms with van der Waals surface area (Å²) in [5, 5.41) is 0. The second-order valence-corrected chi connectivity index (χ2v) is 5.72. The summed E-state index contributed by atoms with van der Waals surface area (Å²) in [4.78, 5) is 12.2. The zero-order chi connectivity index (χ0) is 13.9. The van der Waals surface area contributed by atoms with Gasteiger partial charge in [0.2, 0.25) is 0 Å². The molecule has 0 bridgehead atoms. The van der Waals surface area contributed by atoms with Crippen LogP contribution in [0.3, 0.4) is 0 Å². The molecule has 1 aliphatic heterocycles. The maximum Gasteiger partial charge on any atom is 0.293 e. The minimum absolute atomic E-state index is 0.318. The lowest BCUT2D eigenvalue weighted by Gasteiger charge is -2.26. The van der Waals surface area contributed by atoms with Gasteiger partial charge in [0.15, 0.2) is 0 Å². The molecule has 0 radical (unpaired) electrons. The summed E-state index contributed by atoms with van der Waals surface area (Å²) < 4.78 is 4.55. The molecule has 4 heteroatoms. The quantitative estimate of drug-likeness (QED) is 0.606. The standard InChI is InChI=1S/C9H20N2.C5H10O2/c10-6-2-5-9-11-7-3-1-4-8-11;1-5(2,3)7-4-6/h1-10H2;4H,1-3H3. The maximum absolute atomic E-state index is 9.60. The van der Waals surface area contributed by atoms with E-state index < -0.39 is 0 Å². The van der Waals surface area contributed by atoms with Crippen molar-refractivity contribution >= 4 is 6.47 Å². The Morgan fingerprint density at radius 3 is 2.17 bits per heavy atom. The molecule has 1 fully saturated rings. The molecular formula is C14H30N2O2. The molecule has 0 amide bonds. The molecule has 0 aliphatic carbocycles. The first-order valence-electron chi connectivity index (χ1n) is 7.03. The van der Waals surface area contributed by atoms with Crippen LogP contribution in [-0.2, 0) is 9.53 Å². The number of ether oxygens (including phenoxy) is 1. The minimum Gasteiger partial charge on any atom is -0.462 e. The monoisotopic (exact) mass is 258 g/mol. The van der Waals surface area contributed by atoms with Crippen LogP contribution in [0.25, 0.3) is 0 Å². The van der Waals surface area contributed by atoms with Gasteiger partial charge in [0.25, 0.3) is 6.47 Å². The number of nitrogens with zero attached hydrogens (tertiary/aromatic N) is 1. The summed E-state index contributed by atoms with van der Waals surface area (Å²) in [6.07, 6.45) is 6.73. The fourth-order valence-corrected chi connectivity index (χ4v) is 1.81. The highest BCUT2D eigenvalue weighted by molar-refractivity contribution is 5.37. The molecule has 1 saturated heterocycles. The SMILES string of the molecule is CC(C)(C)OC=O.NCCCCN1CCCCC1. The predicted octanol–water partition coefficient (Wildman–Crippen LogP) is 2.17. The third kappa shape index (κ3) is 11.9. The van der Waals surface area contributed by atoms with E-state index in [2.05, 4.69) is 9.64 Å². The predicted molar refractivity (Wildman–Crippen MR) is 75.5 cm³/mol. The number of nitrogens with two attached hydrogens (primary N) is 1. The van der Waals surface area contributed by atoms with Crippen LogP contribution >= 0.6 is 0 Å². The lowest BCUT2D eigenvalue weighted by atomic mass is 10.1. The van der Waals surface area contributed by atoms with E-state index >= 15 is 0 Å². The Balaban J connectivity index is 0.000000360. The average molecular weight is 258 g/mol. The largest absolute Gasteiger partial charge is 0.462 e. The van der Waals surface area contributed by atoms with E-state index in [1.165, 1.54) is 51.7 Å². The zero-order valence-electron chi connectivity index (χ0n) is 12.3. The summed E-state index contributed by atoms with van der Waals surface area (Å²) >= 11 is 0. The van der Waals surface area contributed by atoms with Crippen LogP contribution in [0.2, 0.25) is 0 Å². The first-order valence-corrected chi connectivity index (χ1v) is 7.03. The van der Waals surface area contributed by atoms with Gasteiger partial charge in [0.1, 0.15) is 5.60 Å². The van der Waals surface area contributed by atoms with Crippen LogP contribution < -0.4 is 5.73 Å². The van der Waals surface area contributed by atoms with E-state index in [1.807, 2.05) is 20.8 Å². The van der Waals surface area contributed by atoms with Gasteiger partial charge in [-0.1, -0.05) is 6.42 Å². The number of hydrogen-bond donors (Lipinski definition) is 1. The maximum atomic E-state index is 9.60. The molecular weight excluding hydrogens is 228 g/mol. The van der Waals surface area contributed by atoms with E-state index in [0.717, 1.165) is 6.54 Å². The van der Waals surface area contributed by atoms with Crippen LogP contribution in [0.5, 0.6) is 0 Å². The van der Waals surface area contributed by atoms with Gasteiger partial charge in [0.05, 0.1) is 0 Å². The number of carbonyl (C=O) groups is 1. The van der Waals surface area contributed by atoms with Crippen molar-refractivity contribution in [3.63, 3.8) is 0 Å². The lowest BCUT2D eigenvalue weighted by molar-refractivity contribution is -0.138. The Bertz CT molecular complexity index is 196. The van der Waals surface area contributed by atoms with Crippen molar-refractivity contribution in [1.82, 2.24) is 4.90 Å². The molecule has 0 spiro atoms. The molecule has 4 nitrogen and oxygen atoms in total. The third-order valence-corrected chi connectivity index (χ3v) is 2.78. The molecule has 1 heterocycles. The summed E-state index contributed by atoms with van der Waals surface area (Å²) in [6, 6.07) is 0. The number of carbonyl (C=O) groups excluding carboxylic acids is 1. The topological polar surface area (TPSA) is 55.6 Å². The molecule has 2 N–H and O–H groups in total. The van der Waals surface area contributed by atoms with E-state index in [1.54, 1.807) is 0 Å². The van der Waals surface area contributed by atoms with Crippen LogP contribution in [0, 0.1) is 0 Å². The Morgan fingerprint density at radius 2 is 1.78 bits per heavy atom. The number of piperidine rings is 1. The fraction of sp³-hybridized carbons (Fsp3) is 0.929. The molecule has 108 valence electrons. The van der Waals surface area contributed by atoms with E-state index in [9.17, 15) is 4.79 Å². The second-order valence-electron chi connectivity index (χ2n) is 5.72. The van der Waals surface area contributed by atoms with Crippen LogP contribution in [0.15, 0.2) is 0 Å². The molecule has 0 aromatic heterocycles. The van der Waals surface area contributed by atoms with E-state index in [4.69, 9.17) is 5.73 Å². The average Bonchev–Trinajstić information content (AvgIpc) is 2.30. The highest BCUT2D eigenvalue weighted by Gasteiger charge is 2.08. The van der Waals surface area contributed by atoms with E-state index in [-0.39, 0.29) is 5.60 Å². The fourth-order valence-electron chi connectivity index (χ4n) is 1.81. The molecule has 1 aliphatic rings. The number of hydrogen-bond acceptors (Lipinski definition) is 4. The van der Waals surface area contributed by atoms with Crippen LogP contribution in [0.4, 0.5) is 0 Å². The number of likely N-dealkylation sites (tertiary alicyclic amines) is 1. The molecule has 1 rings (SSSR count).